The fourth-order valence-corrected chi connectivity index (χ4v) is 3.16. The normalized spacial score (nSPS) is 12.5. The average Bonchev–Trinajstić information content (AvgIpc) is 2.91. The van der Waals surface area contributed by atoms with Crippen molar-refractivity contribution in [3.05, 3.63) is 59.1 Å². The smallest absolute Gasteiger partial charge is 0.233 e. The molecule has 2 aromatic heterocycles. The number of hydrogen-bond donors (Lipinski definition) is 1. The van der Waals surface area contributed by atoms with E-state index >= 15 is 0 Å². The van der Waals surface area contributed by atoms with Gasteiger partial charge < -0.3 is 5.32 Å². The van der Waals surface area contributed by atoms with E-state index in [4.69, 9.17) is 11.6 Å². The molecule has 7 heteroatoms. The number of hydrogen-bond acceptors (Lipinski definition) is 4. The first-order valence-corrected chi connectivity index (χ1v) is 8.83. The van der Waals surface area contributed by atoms with Crippen LogP contribution >= 0.6 is 11.6 Å². The molecule has 0 saturated heterocycles. The van der Waals surface area contributed by atoms with Crippen molar-refractivity contribution in [3.63, 3.8) is 0 Å². The Labute approximate surface area is 135 Å². The van der Waals surface area contributed by atoms with Crippen molar-refractivity contribution in [1.82, 2.24) is 14.4 Å². The van der Waals surface area contributed by atoms with E-state index in [1.807, 2.05) is 34.9 Å². The number of rotatable bonds is 5. The highest BCUT2D eigenvalue weighted by molar-refractivity contribution is 7.83. The summed E-state index contributed by atoms with van der Waals surface area (Å²) in [4.78, 5) is 8.44. The number of imidazole rings is 1. The third-order valence-electron chi connectivity index (χ3n) is 3.24. The Morgan fingerprint density at radius 2 is 2.23 bits per heavy atom. The number of nitrogens with zero attached hydrogens (tertiary/aromatic N) is 3. The quantitative estimate of drug-likeness (QED) is 0.779. The largest absolute Gasteiger partial charge is 0.379 e. The molecule has 2 heterocycles. The Morgan fingerprint density at radius 1 is 1.36 bits per heavy atom. The van der Waals surface area contributed by atoms with Gasteiger partial charge in [0.2, 0.25) is 5.78 Å². The number of anilines is 1. The van der Waals surface area contributed by atoms with Gasteiger partial charge in [-0.25, -0.2) is 9.97 Å². The van der Waals surface area contributed by atoms with E-state index in [1.54, 1.807) is 18.6 Å². The molecule has 0 aliphatic carbocycles. The van der Waals surface area contributed by atoms with Crippen LogP contribution in [0.2, 0.25) is 5.02 Å². The summed E-state index contributed by atoms with van der Waals surface area (Å²) in [6.07, 6.45) is 7.12. The third-order valence-corrected chi connectivity index (χ3v) is 4.33. The number of fused-ring (bicyclic) bond motifs is 1. The molecule has 0 unspecified atom stereocenters. The topological polar surface area (TPSA) is 59.3 Å². The van der Waals surface area contributed by atoms with Crippen LogP contribution in [-0.2, 0) is 23.1 Å². The van der Waals surface area contributed by atoms with Crippen LogP contribution in [0.4, 0.5) is 5.69 Å². The zero-order valence-corrected chi connectivity index (χ0v) is 13.6. The molecular formula is C15H15ClN4OS. The zero-order chi connectivity index (χ0) is 15.5. The molecule has 5 nitrogen and oxygen atoms in total. The van der Waals surface area contributed by atoms with Crippen LogP contribution in [0, 0.1) is 0 Å². The summed E-state index contributed by atoms with van der Waals surface area (Å²) >= 11 is 6.13. The van der Waals surface area contributed by atoms with Gasteiger partial charge in [-0.05, 0) is 29.8 Å². The molecule has 3 aromatic rings. The summed E-state index contributed by atoms with van der Waals surface area (Å²) < 4.78 is 13.3. The van der Waals surface area contributed by atoms with Crippen molar-refractivity contribution in [2.24, 2.45) is 0 Å². The fraction of sp³-hybridized carbons (Fsp3) is 0.200. The van der Waals surface area contributed by atoms with Gasteiger partial charge in [0.25, 0.3) is 0 Å². The lowest BCUT2D eigenvalue weighted by molar-refractivity contribution is 0.686. The first kappa shape index (κ1) is 15.0. The van der Waals surface area contributed by atoms with E-state index in [9.17, 15) is 4.21 Å². The van der Waals surface area contributed by atoms with Gasteiger partial charge in [-0.3, -0.25) is 8.61 Å². The Balaban J connectivity index is 1.77. The monoisotopic (exact) mass is 334 g/mol. The van der Waals surface area contributed by atoms with Crippen molar-refractivity contribution < 1.29 is 4.21 Å². The predicted octanol–water partition coefficient (Wildman–Crippen LogP) is 2.87. The maximum atomic E-state index is 11.4. The van der Waals surface area contributed by atoms with Gasteiger partial charge in [-0.15, -0.1) is 0 Å². The first-order valence-electron chi connectivity index (χ1n) is 6.73. The fourth-order valence-electron chi connectivity index (χ4n) is 2.22. The molecule has 114 valence electrons. The first-order chi connectivity index (χ1) is 10.6. The van der Waals surface area contributed by atoms with Crippen LogP contribution in [0.15, 0.2) is 42.9 Å². The maximum absolute atomic E-state index is 11.4. The second-order valence-electron chi connectivity index (χ2n) is 4.92. The highest BCUT2D eigenvalue weighted by Crippen LogP contribution is 2.22. The molecule has 0 spiro atoms. The van der Waals surface area contributed by atoms with E-state index in [0.29, 0.717) is 23.1 Å². The molecule has 1 N–H and O–H groups in total. The summed E-state index contributed by atoms with van der Waals surface area (Å²) in [7, 11) is -0.922. The molecule has 0 fully saturated rings. The molecule has 0 aliphatic rings. The molecule has 3 rings (SSSR count). The minimum absolute atomic E-state index is 0.452. The van der Waals surface area contributed by atoms with E-state index in [0.717, 1.165) is 16.9 Å². The summed E-state index contributed by atoms with van der Waals surface area (Å²) in [5.74, 6) is 1.13. The van der Waals surface area contributed by atoms with Crippen molar-refractivity contribution in [1.29, 1.82) is 0 Å². The Bertz CT molecular complexity index is 833. The Kier molecular flexibility index (Phi) is 4.40. The van der Waals surface area contributed by atoms with Gasteiger partial charge in [0.15, 0.2) is 0 Å². The van der Waals surface area contributed by atoms with Crippen molar-refractivity contribution in [3.8, 4) is 0 Å². The number of benzene rings is 1. The lowest BCUT2D eigenvalue weighted by Crippen LogP contribution is -2.03. The SMILES string of the molecule is C[S@@](=O)Cc1cc(NCc2cnc3ncccn23)ccc1Cl. The van der Waals surface area contributed by atoms with Crippen LogP contribution in [0.25, 0.3) is 5.78 Å². The van der Waals surface area contributed by atoms with Gasteiger partial charge >= 0.3 is 0 Å². The Hall–Kier alpha value is -1.92. The second-order valence-corrected chi connectivity index (χ2v) is 6.76. The second kappa shape index (κ2) is 6.46. The standard InChI is InChI=1S/C15H15ClN4OS/c1-22(21)10-11-7-12(3-4-14(11)16)18-8-13-9-19-15-17-5-2-6-20(13)15/h2-7,9,18H,8,10H2,1H3/t22-/m1/s1. The summed E-state index contributed by atoms with van der Waals surface area (Å²) in [6.45, 7) is 0.614. The lowest BCUT2D eigenvalue weighted by Gasteiger charge is -2.09. The molecule has 0 radical (unpaired) electrons. The number of halogens is 1. The molecular weight excluding hydrogens is 320 g/mol. The van der Waals surface area contributed by atoms with Gasteiger partial charge in [-0.2, -0.15) is 0 Å². The minimum Gasteiger partial charge on any atom is -0.379 e. The predicted molar refractivity (Wildman–Crippen MR) is 89.5 cm³/mol. The molecule has 22 heavy (non-hydrogen) atoms. The van der Waals surface area contributed by atoms with Gasteiger partial charge in [0, 0.05) is 45.9 Å². The summed E-state index contributed by atoms with van der Waals surface area (Å²) in [5.41, 5.74) is 2.83. The lowest BCUT2D eigenvalue weighted by atomic mass is 10.2. The maximum Gasteiger partial charge on any atom is 0.233 e. The summed E-state index contributed by atoms with van der Waals surface area (Å²) in [6, 6.07) is 7.54. The highest BCUT2D eigenvalue weighted by Gasteiger charge is 2.06. The van der Waals surface area contributed by atoms with Crippen LogP contribution < -0.4 is 5.32 Å². The Morgan fingerprint density at radius 3 is 3.05 bits per heavy atom. The zero-order valence-electron chi connectivity index (χ0n) is 12.0. The highest BCUT2D eigenvalue weighted by atomic mass is 35.5. The van der Waals surface area contributed by atoms with Crippen molar-refractivity contribution >= 4 is 33.9 Å². The molecule has 0 saturated carbocycles. The van der Waals surface area contributed by atoms with Crippen LogP contribution in [-0.4, -0.2) is 24.8 Å². The van der Waals surface area contributed by atoms with Crippen LogP contribution in [0.5, 0.6) is 0 Å². The van der Waals surface area contributed by atoms with E-state index in [-0.39, 0.29) is 0 Å². The molecule has 0 aliphatic heterocycles. The number of aromatic nitrogens is 3. The van der Waals surface area contributed by atoms with Gasteiger partial charge in [0.1, 0.15) is 0 Å². The van der Waals surface area contributed by atoms with E-state index in [1.165, 1.54) is 0 Å². The van der Waals surface area contributed by atoms with Gasteiger partial charge in [0.05, 0.1) is 18.4 Å². The van der Waals surface area contributed by atoms with Crippen LogP contribution in [0.3, 0.4) is 0 Å². The van der Waals surface area contributed by atoms with E-state index in [2.05, 4.69) is 15.3 Å². The molecule has 1 atom stereocenters. The average molecular weight is 335 g/mol. The number of nitrogens with one attached hydrogen (secondary N) is 1. The summed E-state index contributed by atoms with van der Waals surface area (Å²) in [5, 5.41) is 3.97. The third kappa shape index (κ3) is 3.28. The molecule has 1 aromatic carbocycles. The molecule has 0 bridgehead atoms. The van der Waals surface area contributed by atoms with Crippen molar-refractivity contribution in [2.45, 2.75) is 12.3 Å². The van der Waals surface area contributed by atoms with E-state index < -0.39 is 10.8 Å². The van der Waals surface area contributed by atoms with Crippen molar-refractivity contribution in [2.75, 3.05) is 11.6 Å². The van der Waals surface area contributed by atoms with Crippen LogP contribution in [0.1, 0.15) is 11.3 Å². The minimum atomic E-state index is -0.922. The van der Waals surface area contributed by atoms with Gasteiger partial charge in [-0.1, -0.05) is 11.6 Å². The molecule has 0 amide bonds.